The van der Waals surface area contributed by atoms with Crippen molar-refractivity contribution in [2.75, 3.05) is 12.3 Å². The molecule has 2 rings (SSSR count). The number of phosphoric ester groups is 1. The summed E-state index contributed by atoms with van der Waals surface area (Å²) in [7, 11) is -17.8. The molecule has 0 amide bonds. The van der Waals surface area contributed by atoms with E-state index < -0.39 is 60.3 Å². The van der Waals surface area contributed by atoms with Gasteiger partial charge in [-0.25, -0.2) is 13.4 Å². The fraction of sp³-hybridized carbons (Fsp3) is 0.556. The van der Waals surface area contributed by atoms with Crippen molar-refractivity contribution in [3.8, 4) is 0 Å². The highest BCUT2D eigenvalue weighted by Gasteiger charge is 2.44. The first-order valence-electron chi connectivity index (χ1n) is 7.20. The Bertz CT molecular complexity index is 954. The van der Waals surface area contributed by atoms with Crippen molar-refractivity contribution in [2.45, 2.75) is 24.5 Å². The molecule has 1 aromatic heterocycles. The van der Waals surface area contributed by atoms with Gasteiger partial charge in [0.05, 0.1) is 6.61 Å². The van der Waals surface area contributed by atoms with Gasteiger partial charge < -0.3 is 63.2 Å². The van der Waals surface area contributed by atoms with Crippen molar-refractivity contribution in [3.05, 3.63) is 22.7 Å². The summed E-state index contributed by atoms with van der Waals surface area (Å²) in [5.41, 5.74) is 4.35. The Hall–Kier alpha value is -1.15. The molecule has 1 fully saturated rings. The van der Waals surface area contributed by atoms with E-state index in [0.717, 1.165) is 10.8 Å². The molecule has 0 spiro atoms. The topological polar surface area (TPSA) is 388 Å². The van der Waals surface area contributed by atoms with Gasteiger partial charge in [-0.15, -0.1) is 0 Å². The fourth-order valence-electron chi connectivity index (χ4n) is 2.17. The Morgan fingerprint density at radius 2 is 1.66 bits per heavy atom. The molecule has 1 aliphatic heterocycles. The molecule has 32 heavy (non-hydrogen) atoms. The number of rotatable bonds is 8. The lowest BCUT2D eigenvalue weighted by Gasteiger charge is -2.33. The number of nitrogens with zero attached hydrogens (tertiary/aromatic N) is 2. The van der Waals surface area contributed by atoms with Gasteiger partial charge in [0, 0.05) is 6.20 Å². The van der Waals surface area contributed by atoms with Crippen molar-refractivity contribution >= 4 is 29.3 Å². The number of anilines is 1. The number of hydrogen-bond acceptors (Lipinski definition) is 15. The highest BCUT2D eigenvalue weighted by molar-refractivity contribution is 7.65. The molecular weight excluding hydrogens is 509 g/mol. The molecule has 1 aliphatic rings. The molecule has 17 N–H and O–H groups in total. The first-order valence-corrected chi connectivity index (χ1v) is 11.6. The molecule has 0 saturated carbocycles. The second kappa shape index (κ2) is 11.8. The van der Waals surface area contributed by atoms with E-state index >= 15 is 0 Å². The first kappa shape index (κ1) is 33.0. The molecule has 3 unspecified atom stereocenters. The standard InChI is InChI=1S/C9H16N3O14P3.3H3N/c10-5-1-2-12(9(15)11-5)8-7(14)6(13)4(24-8)3-23-28(19,20)26-29(21,22)25-27(16,17)18;;;/h1-2,4,6-8,13-14H,3H2,(H,19,20)(H,21,22)(H2,10,11,15)(H2,16,17,18);3*1H3/t4-,6-,7-,8-;;;/m1.../s1. The van der Waals surface area contributed by atoms with Crippen molar-refractivity contribution < 1.29 is 61.4 Å². The second-order valence-electron chi connectivity index (χ2n) is 5.41. The van der Waals surface area contributed by atoms with Gasteiger partial charge in [-0.1, -0.05) is 0 Å². The largest absolute Gasteiger partial charge is 0.756 e. The third-order valence-electron chi connectivity index (χ3n) is 3.26. The molecule has 20 nitrogen and oxygen atoms in total. The zero-order valence-corrected chi connectivity index (χ0v) is 19.5. The summed E-state index contributed by atoms with van der Waals surface area (Å²) in [5, 5.41) is 19.9. The molecule has 0 aliphatic carbocycles. The Morgan fingerprint density at radius 3 is 2.16 bits per heavy atom. The number of nitrogens with two attached hydrogens (primary N) is 1. The Labute approximate surface area is 179 Å². The third kappa shape index (κ3) is 9.00. The van der Waals surface area contributed by atoms with Gasteiger partial charge in [0.2, 0.25) is 0 Å². The maximum absolute atomic E-state index is 11.8. The van der Waals surface area contributed by atoms with Crippen LogP contribution in [0.4, 0.5) is 5.82 Å². The van der Waals surface area contributed by atoms with Crippen LogP contribution >= 0.6 is 23.5 Å². The van der Waals surface area contributed by atoms with Gasteiger partial charge in [0.1, 0.15) is 24.1 Å². The summed E-state index contributed by atoms with van der Waals surface area (Å²) in [5.74, 6) is -0.140. The van der Waals surface area contributed by atoms with Crippen LogP contribution in [-0.4, -0.2) is 49.6 Å². The molecular formula is C9H25N6O14P3. The van der Waals surface area contributed by atoms with E-state index in [1.807, 2.05) is 0 Å². The maximum Gasteiger partial charge on any atom is 0.351 e. The summed E-state index contributed by atoms with van der Waals surface area (Å²) in [6.45, 7) is -1.12. The van der Waals surface area contributed by atoms with Crippen molar-refractivity contribution in [1.82, 2.24) is 28.0 Å². The number of phosphoric acid groups is 3. The van der Waals surface area contributed by atoms with E-state index in [1.165, 1.54) is 6.07 Å². The highest BCUT2D eigenvalue weighted by atomic mass is 31.3. The van der Waals surface area contributed by atoms with Crippen molar-refractivity contribution in [2.24, 2.45) is 0 Å². The number of ether oxygens (including phenoxy) is 1. The van der Waals surface area contributed by atoms with E-state index in [2.05, 4.69) is 18.1 Å². The van der Waals surface area contributed by atoms with E-state index in [4.69, 9.17) is 15.4 Å². The van der Waals surface area contributed by atoms with E-state index in [-0.39, 0.29) is 24.3 Å². The predicted octanol–water partition coefficient (Wildman–Crippen LogP) is -2.98. The van der Waals surface area contributed by atoms with E-state index in [1.54, 1.807) is 0 Å². The Kier molecular flexibility index (Phi) is 12.2. The molecule has 1 aromatic rings. The van der Waals surface area contributed by atoms with Gasteiger partial charge >= 0.3 is 5.69 Å². The SMILES string of the molecule is Nc1ccn([C@@H]2O[C@H](COP(=O)([O-])OP(=O)([O-])OP(=O)([O-])O)[C@@H](O)[C@H]2O)c(=O)n1.[NH4+].[NH4+].[NH4+]. The molecule has 0 bridgehead atoms. The number of aromatic nitrogens is 2. The number of nitrogen functional groups attached to an aromatic ring is 1. The minimum absolute atomic E-state index is 0. The average Bonchev–Trinajstić information content (AvgIpc) is 2.78. The first-order chi connectivity index (χ1) is 13.1. The lowest BCUT2D eigenvalue weighted by molar-refractivity contribution is -0.250. The van der Waals surface area contributed by atoms with E-state index in [9.17, 15) is 43.4 Å². The van der Waals surface area contributed by atoms with E-state index in [0.29, 0.717) is 0 Å². The predicted molar refractivity (Wildman–Crippen MR) is 99.9 cm³/mol. The lowest BCUT2D eigenvalue weighted by Crippen LogP contribution is -2.36. The zero-order valence-electron chi connectivity index (χ0n) is 16.8. The minimum atomic E-state index is -6.09. The summed E-state index contributed by atoms with van der Waals surface area (Å²) in [6, 6.07) is 1.18. The van der Waals surface area contributed by atoms with Gasteiger partial charge in [0.15, 0.2) is 6.23 Å². The quantitative estimate of drug-likeness (QED) is 0.163. The lowest BCUT2D eigenvalue weighted by atomic mass is 10.1. The molecule has 1 saturated heterocycles. The summed E-state index contributed by atoms with van der Waals surface area (Å²) in [4.78, 5) is 56.4. The Morgan fingerprint density at radius 1 is 1.09 bits per heavy atom. The van der Waals surface area contributed by atoms with Crippen LogP contribution in [0.15, 0.2) is 17.1 Å². The molecule has 2 heterocycles. The van der Waals surface area contributed by atoms with Crippen molar-refractivity contribution in [1.29, 1.82) is 0 Å². The summed E-state index contributed by atoms with van der Waals surface area (Å²) < 4.78 is 49.5. The van der Waals surface area contributed by atoms with Gasteiger partial charge in [0.25, 0.3) is 23.5 Å². The number of quaternary nitrogens is 3. The maximum atomic E-state index is 11.8. The molecule has 0 aromatic carbocycles. The normalized spacial score (nSPS) is 28.1. The number of aliphatic hydroxyl groups excluding tert-OH is 2. The van der Waals surface area contributed by atoms with Crippen molar-refractivity contribution in [3.63, 3.8) is 0 Å². The monoisotopic (exact) mass is 534 g/mol. The smallest absolute Gasteiger partial charge is 0.351 e. The van der Waals surface area contributed by atoms with Crippen LogP contribution in [0.2, 0.25) is 0 Å². The second-order valence-corrected chi connectivity index (χ2v) is 9.70. The minimum Gasteiger partial charge on any atom is -0.756 e. The zero-order chi connectivity index (χ0) is 22.2. The van der Waals surface area contributed by atoms with Gasteiger partial charge in [-0.2, -0.15) is 4.98 Å². The fourth-order valence-corrected chi connectivity index (χ4v) is 5.06. The third-order valence-corrected chi connectivity index (χ3v) is 6.95. The molecule has 190 valence electrons. The Balaban J connectivity index is 0. The average molecular weight is 534 g/mol. The van der Waals surface area contributed by atoms with Crippen LogP contribution in [0.1, 0.15) is 6.23 Å². The van der Waals surface area contributed by atoms with Crippen LogP contribution in [0.25, 0.3) is 0 Å². The van der Waals surface area contributed by atoms with Crippen LogP contribution in [0.5, 0.6) is 0 Å². The summed E-state index contributed by atoms with van der Waals surface area (Å²) in [6.07, 6.45) is -5.62. The molecule has 23 heteroatoms. The number of aliphatic hydroxyl groups is 2. The van der Waals surface area contributed by atoms with Gasteiger partial charge in [-0.05, 0) is 6.07 Å². The molecule has 7 atom stereocenters. The van der Waals surface area contributed by atoms with Crippen LogP contribution < -0.4 is 44.6 Å². The van der Waals surface area contributed by atoms with Gasteiger partial charge in [-0.3, -0.25) is 18.3 Å². The number of hydrogen-bond donors (Lipinski definition) is 7. The van der Waals surface area contributed by atoms with Crippen LogP contribution in [0, 0.1) is 0 Å². The summed E-state index contributed by atoms with van der Waals surface area (Å²) >= 11 is 0. The van der Waals surface area contributed by atoms with Crippen LogP contribution in [-0.2, 0) is 31.6 Å². The van der Waals surface area contributed by atoms with Crippen LogP contribution in [0.3, 0.4) is 0 Å². The molecule has 0 radical (unpaired) electrons. The highest BCUT2D eigenvalue weighted by Crippen LogP contribution is 2.61.